The Bertz CT molecular complexity index is 1020. The third kappa shape index (κ3) is 3.86. The van der Waals surface area contributed by atoms with Crippen LogP contribution >= 0.6 is 0 Å². The molecular formula is C23H19NO2S. The number of sulfone groups is 1. The van der Waals surface area contributed by atoms with Crippen molar-refractivity contribution in [1.29, 1.82) is 0 Å². The first kappa shape index (κ1) is 17.3. The predicted molar refractivity (Wildman–Crippen MR) is 110 cm³/mol. The average molecular weight is 373 g/mol. The highest BCUT2D eigenvalue weighted by molar-refractivity contribution is 7.97. The van der Waals surface area contributed by atoms with Crippen LogP contribution in [0.15, 0.2) is 102 Å². The Morgan fingerprint density at radius 2 is 1.00 bits per heavy atom. The minimum Gasteiger partial charge on any atom is -0.335 e. The smallest absolute Gasteiger partial charge is 0.197 e. The second kappa shape index (κ2) is 7.25. The van der Waals surface area contributed by atoms with Crippen LogP contribution in [-0.2, 0) is 16.4 Å². The summed E-state index contributed by atoms with van der Waals surface area (Å²) in [7, 11) is -3.47. The highest BCUT2D eigenvalue weighted by Gasteiger charge is 2.26. The van der Waals surface area contributed by atoms with Crippen molar-refractivity contribution in [3.8, 4) is 0 Å². The summed E-state index contributed by atoms with van der Waals surface area (Å²) < 4.78 is 25.3. The van der Waals surface area contributed by atoms with E-state index in [-0.39, 0.29) is 0 Å². The van der Waals surface area contributed by atoms with Crippen LogP contribution in [0.3, 0.4) is 0 Å². The summed E-state index contributed by atoms with van der Waals surface area (Å²) in [4.78, 5) is 2.07. The molecule has 1 aliphatic heterocycles. The van der Waals surface area contributed by atoms with E-state index in [1.54, 1.807) is 0 Å². The number of nitrogens with zero attached hydrogens (tertiary/aromatic N) is 1. The lowest BCUT2D eigenvalue weighted by Crippen LogP contribution is -2.24. The van der Waals surface area contributed by atoms with Crippen molar-refractivity contribution in [3.05, 3.63) is 119 Å². The van der Waals surface area contributed by atoms with Crippen molar-refractivity contribution >= 4 is 21.2 Å². The van der Waals surface area contributed by atoms with Gasteiger partial charge < -0.3 is 4.90 Å². The molecule has 3 aromatic rings. The zero-order valence-corrected chi connectivity index (χ0v) is 15.5. The topological polar surface area (TPSA) is 37.4 Å². The van der Waals surface area contributed by atoms with Gasteiger partial charge in [0.25, 0.3) is 0 Å². The molecule has 0 fully saturated rings. The molecular weight excluding hydrogens is 354 g/mol. The SMILES string of the molecule is O=S1(=O)C=C(c2ccccc2)N(Cc2ccccc2)C(c2ccccc2)=C1. The zero-order valence-electron chi connectivity index (χ0n) is 14.7. The minimum atomic E-state index is -3.47. The van der Waals surface area contributed by atoms with Gasteiger partial charge in [-0.1, -0.05) is 91.0 Å². The fourth-order valence-corrected chi connectivity index (χ4v) is 4.42. The highest BCUT2D eigenvalue weighted by Crippen LogP contribution is 2.36. The minimum absolute atomic E-state index is 0.581. The Morgan fingerprint density at radius 3 is 1.44 bits per heavy atom. The van der Waals surface area contributed by atoms with Crippen molar-refractivity contribution in [1.82, 2.24) is 4.90 Å². The second-order valence-electron chi connectivity index (χ2n) is 6.40. The van der Waals surface area contributed by atoms with E-state index in [0.717, 1.165) is 16.7 Å². The van der Waals surface area contributed by atoms with Crippen LogP contribution in [-0.4, -0.2) is 13.3 Å². The first-order valence-corrected chi connectivity index (χ1v) is 10.3. The average Bonchev–Trinajstić information content (AvgIpc) is 2.71. The standard InChI is InChI=1S/C23H19NO2S/c25-27(26)17-22(20-12-6-2-7-13-20)24(16-19-10-4-1-5-11-19)23(18-27)21-14-8-3-9-15-21/h1-15,17-18H,16H2. The lowest BCUT2D eigenvalue weighted by molar-refractivity contribution is 0.546. The zero-order chi connectivity index (χ0) is 18.7. The summed E-state index contributed by atoms with van der Waals surface area (Å²) in [6.07, 6.45) is 0. The maximum atomic E-state index is 12.6. The van der Waals surface area contributed by atoms with Gasteiger partial charge in [-0.3, -0.25) is 0 Å². The molecule has 3 aromatic carbocycles. The van der Waals surface area contributed by atoms with Gasteiger partial charge >= 0.3 is 0 Å². The van der Waals surface area contributed by atoms with Gasteiger partial charge in [0.05, 0.1) is 22.2 Å². The van der Waals surface area contributed by atoms with Crippen molar-refractivity contribution in [2.75, 3.05) is 0 Å². The van der Waals surface area contributed by atoms with Crippen molar-refractivity contribution < 1.29 is 8.42 Å². The molecule has 1 aliphatic rings. The Balaban J connectivity index is 1.87. The Hall–Kier alpha value is -3.11. The summed E-state index contributed by atoms with van der Waals surface area (Å²) in [6, 6.07) is 29.4. The van der Waals surface area contributed by atoms with Crippen molar-refractivity contribution in [3.63, 3.8) is 0 Å². The fourth-order valence-electron chi connectivity index (χ4n) is 3.20. The van der Waals surface area contributed by atoms with Crippen LogP contribution in [0.1, 0.15) is 16.7 Å². The normalized spacial score (nSPS) is 15.8. The van der Waals surface area contributed by atoms with Gasteiger partial charge in [0.1, 0.15) is 0 Å². The van der Waals surface area contributed by atoms with Crippen molar-refractivity contribution in [2.24, 2.45) is 0 Å². The fraction of sp³-hybridized carbons (Fsp3) is 0.0435. The van der Waals surface area contributed by atoms with Crippen LogP contribution in [0.25, 0.3) is 11.4 Å². The molecule has 0 bridgehead atoms. The molecule has 0 aromatic heterocycles. The number of hydrogen-bond acceptors (Lipinski definition) is 3. The first-order valence-electron chi connectivity index (χ1n) is 8.73. The van der Waals surface area contributed by atoms with E-state index in [2.05, 4.69) is 4.90 Å². The molecule has 0 saturated heterocycles. The van der Waals surface area contributed by atoms with Gasteiger partial charge in [0, 0.05) is 6.54 Å². The molecule has 1 heterocycles. The molecule has 0 N–H and O–H groups in total. The van der Waals surface area contributed by atoms with Crippen LogP contribution in [0.4, 0.5) is 0 Å². The van der Waals surface area contributed by atoms with E-state index in [9.17, 15) is 8.42 Å². The van der Waals surface area contributed by atoms with Gasteiger partial charge in [0.2, 0.25) is 0 Å². The molecule has 0 radical (unpaired) electrons. The molecule has 134 valence electrons. The van der Waals surface area contributed by atoms with Gasteiger partial charge in [-0.25, -0.2) is 8.42 Å². The van der Waals surface area contributed by atoms with Crippen molar-refractivity contribution in [2.45, 2.75) is 6.54 Å². The number of rotatable bonds is 4. The molecule has 3 nitrogen and oxygen atoms in total. The third-order valence-electron chi connectivity index (χ3n) is 4.46. The van der Waals surface area contributed by atoms with E-state index >= 15 is 0 Å². The quantitative estimate of drug-likeness (QED) is 0.652. The predicted octanol–water partition coefficient (Wildman–Crippen LogP) is 4.91. The van der Waals surface area contributed by atoms with Gasteiger partial charge in [-0.15, -0.1) is 0 Å². The van der Waals surface area contributed by atoms with Crippen LogP contribution in [0.5, 0.6) is 0 Å². The molecule has 0 unspecified atom stereocenters. The van der Waals surface area contributed by atoms with E-state index in [1.165, 1.54) is 10.8 Å². The molecule has 4 heteroatoms. The Labute approximate surface area is 159 Å². The summed E-state index contributed by atoms with van der Waals surface area (Å²) >= 11 is 0. The summed E-state index contributed by atoms with van der Waals surface area (Å²) in [5, 5.41) is 2.72. The second-order valence-corrected chi connectivity index (χ2v) is 8.05. The molecule has 0 amide bonds. The van der Waals surface area contributed by atoms with E-state index in [1.807, 2.05) is 91.0 Å². The first-order chi connectivity index (χ1) is 13.1. The Kier molecular flexibility index (Phi) is 4.65. The van der Waals surface area contributed by atoms with Gasteiger partial charge in [-0.05, 0) is 16.7 Å². The molecule has 4 rings (SSSR count). The van der Waals surface area contributed by atoms with Gasteiger partial charge in [-0.2, -0.15) is 0 Å². The Morgan fingerprint density at radius 1 is 0.593 bits per heavy atom. The lowest BCUT2D eigenvalue weighted by atomic mass is 10.1. The summed E-state index contributed by atoms with van der Waals surface area (Å²) in [5.74, 6) is 0. The maximum absolute atomic E-state index is 12.6. The maximum Gasteiger partial charge on any atom is 0.197 e. The summed E-state index contributed by atoms with van der Waals surface area (Å²) in [5.41, 5.74) is 4.22. The number of hydrogen-bond donors (Lipinski definition) is 0. The molecule has 27 heavy (non-hydrogen) atoms. The van der Waals surface area contributed by atoms with Crippen LogP contribution in [0.2, 0.25) is 0 Å². The monoisotopic (exact) mass is 373 g/mol. The largest absolute Gasteiger partial charge is 0.335 e. The van der Waals surface area contributed by atoms with Crippen LogP contribution in [0, 0.1) is 0 Å². The van der Waals surface area contributed by atoms with E-state index in [0.29, 0.717) is 17.9 Å². The molecule has 0 atom stereocenters. The van der Waals surface area contributed by atoms with Gasteiger partial charge in [0.15, 0.2) is 9.84 Å². The third-order valence-corrected chi connectivity index (χ3v) is 5.56. The summed E-state index contributed by atoms with van der Waals surface area (Å²) in [6.45, 7) is 0.581. The highest BCUT2D eigenvalue weighted by atomic mass is 32.2. The number of benzene rings is 3. The molecule has 0 aliphatic carbocycles. The molecule has 0 spiro atoms. The van der Waals surface area contributed by atoms with E-state index < -0.39 is 9.84 Å². The van der Waals surface area contributed by atoms with Crippen LogP contribution < -0.4 is 0 Å². The van der Waals surface area contributed by atoms with E-state index in [4.69, 9.17) is 0 Å². The molecule has 0 saturated carbocycles. The lowest BCUT2D eigenvalue weighted by Gasteiger charge is -2.32.